The third-order valence-electron chi connectivity index (χ3n) is 8.75. The summed E-state index contributed by atoms with van der Waals surface area (Å²) in [5.74, 6) is 0.122. The predicted molar refractivity (Wildman–Crippen MR) is 164 cm³/mol. The first-order valence-corrected chi connectivity index (χ1v) is 15.3. The summed E-state index contributed by atoms with van der Waals surface area (Å²) in [5.41, 5.74) is 4.18. The summed E-state index contributed by atoms with van der Waals surface area (Å²) in [4.78, 5) is 45.9. The van der Waals surface area contributed by atoms with Gasteiger partial charge in [0.1, 0.15) is 0 Å². The van der Waals surface area contributed by atoms with Crippen LogP contribution in [-0.2, 0) is 10.2 Å². The van der Waals surface area contributed by atoms with E-state index in [4.69, 9.17) is 0 Å². The highest BCUT2D eigenvalue weighted by molar-refractivity contribution is 6.00. The minimum atomic E-state index is -0.000433. The quantitative estimate of drug-likeness (QED) is 0.563. The summed E-state index contributed by atoms with van der Waals surface area (Å²) in [6.07, 6.45) is 4.82. The Morgan fingerprint density at radius 3 is 2.07 bits per heavy atom. The Kier molecular flexibility index (Phi) is 8.97. The van der Waals surface area contributed by atoms with Gasteiger partial charge in [-0.15, -0.1) is 0 Å². The fourth-order valence-corrected chi connectivity index (χ4v) is 6.18. The fraction of sp³-hybridized carbons (Fsp3) is 0.545. The third kappa shape index (κ3) is 6.92. The SMILES string of the molecule is CC(C)(C)c1ccc(C(=O)N2CCCN(c3ccc(C(=O)N4CCNCC4)cc3NC(=O)C3CCCC3)CC2)cc1. The van der Waals surface area contributed by atoms with Gasteiger partial charge in [0.05, 0.1) is 11.4 Å². The van der Waals surface area contributed by atoms with Gasteiger partial charge in [-0.25, -0.2) is 0 Å². The van der Waals surface area contributed by atoms with E-state index in [2.05, 4.69) is 48.4 Å². The smallest absolute Gasteiger partial charge is 0.254 e. The first-order valence-electron chi connectivity index (χ1n) is 15.3. The van der Waals surface area contributed by atoms with Crippen molar-refractivity contribution in [1.29, 1.82) is 0 Å². The number of benzene rings is 2. The molecule has 0 bridgehead atoms. The molecule has 2 heterocycles. The minimum absolute atomic E-state index is 0.000433. The Hall–Kier alpha value is -3.39. The van der Waals surface area contributed by atoms with E-state index in [0.29, 0.717) is 49.5 Å². The maximum absolute atomic E-state index is 13.4. The molecular weight excluding hydrogens is 514 g/mol. The van der Waals surface area contributed by atoms with Gasteiger partial charge in [-0.1, -0.05) is 45.7 Å². The minimum Gasteiger partial charge on any atom is -0.368 e. The van der Waals surface area contributed by atoms with Crippen molar-refractivity contribution in [3.63, 3.8) is 0 Å². The van der Waals surface area contributed by atoms with Gasteiger partial charge in [-0.3, -0.25) is 14.4 Å². The van der Waals surface area contributed by atoms with E-state index in [-0.39, 0.29) is 29.1 Å². The number of carbonyl (C=O) groups is 3. The molecule has 0 unspecified atom stereocenters. The molecule has 3 fully saturated rings. The van der Waals surface area contributed by atoms with Crippen LogP contribution in [0, 0.1) is 5.92 Å². The summed E-state index contributed by atoms with van der Waals surface area (Å²) in [5, 5.41) is 6.49. The number of piperazine rings is 1. The Bertz CT molecular complexity index is 1240. The number of nitrogens with one attached hydrogen (secondary N) is 2. The number of hydrogen-bond donors (Lipinski definition) is 2. The maximum atomic E-state index is 13.4. The average molecular weight is 560 g/mol. The number of anilines is 2. The van der Waals surface area contributed by atoms with Crippen molar-refractivity contribution in [2.45, 2.75) is 58.3 Å². The van der Waals surface area contributed by atoms with Crippen LogP contribution >= 0.6 is 0 Å². The second-order valence-electron chi connectivity index (χ2n) is 12.7. The number of carbonyl (C=O) groups excluding carboxylic acids is 3. The molecule has 2 N–H and O–H groups in total. The molecule has 5 rings (SSSR count). The van der Waals surface area contributed by atoms with Crippen LogP contribution < -0.4 is 15.5 Å². The van der Waals surface area contributed by atoms with Crippen molar-refractivity contribution in [2.24, 2.45) is 5.92 Å². The van der Waals surface area contributed by atoms with E-state index in [1.807, 2.05) is 40.1 Å². The summed E-state index contributed by atoms with van der Waals surface area (Å²) in [6, 6.07) is 13.7. The predicted octanol–water partition coefficient (Wildman–Crippen LogP) is 4.51. The van der Waals surface area contributed by atoms with Crippen molar-refractivity contribution in [3.05, 3.63) is 59.2 Å². The molecular formula is C33H45N5O3. The van der Waals surface area contributed by atoms with E-state index < -0.39 is 0 Å². The largest absolute Gasteiger partial charge is 0.368 e. The van der Waals surface area contributed by atoms with Crippen molar-refractivity contribution in [1.82, 2.24) is 15.1 Å². The topological polar surface area (TPSA) is 85.0 Å². The van der Waals surface area contributed by atoms with E-state index in [1.165, 1.54) is 5.56 Å². The lowest BCUT2D eigenvalue weighted by Gasteiger charge is -2.29. The summed E-state index contributed by atoms with van der Waals surface area (Å²) in [6.45, 7) is 12.2. The second kappa shape index (κ2) is 12.6. The first kappa shape index (κ1) is 29.1. The number of rotatable bonds is 5. The molecule has 8 heteroatoms. The zero-order valence-corrected chi connectivity index (χ0v) is 24.9. The number of hydrogen-bond acceptors (Lipinski definition) is 5. The first-order chi connectivity index (χ1) is 19.7. The van der Waals surface area contributed by atoms with E-state index in [1.54, 1.807) is 0 Å². The molecule has 1 aliphatic carbocycles. The van der Waals surface area contributed by atoms with Gasteiger partial charge in [-0.05, 0) is 60.6 Å². The van der Waals surface area contributed by atoms with Gasteiger partial charge in [0.25, 0.3) is 11.8 Å². The zero-order chi connectivity index (χ0) is 29.0. The number of nitrogens with zero attached hydrogens (tertiary/aromatic N) is 3. The van der Waals surface area contributed by atoms with Gasteiger partial charge in [0.2, 0.25) is 5.91 Å². The molecule has 0 aromatic heterocycles. The standard InChI is InChI=1S/C33H45N5O3/c1-33(2,3)27-12-9-25(10-13-27)31(40)37-18-6-17-36(21-22-37)29-14-11-26(32(41)38-19-15-34-16-20-38)23-28(29)35-30(39)24-7-4-5-8-24/h9-14,23-24,34H,4-8,15-22H2,1-3H3,(H,35,39). The van der Waals surface area contributed by atoms with Gasteiger partial charge in [-0.2, -0.15) is 0 Å². The molecule has 2 aromatic rings. The zero-order valence-electron chi connectivity index (χ0n) is 24.9. The molecule has 2 aliphatic heterocycles. The summed E-state index contributed by atoms with van der Waals surface area (Å²) >= 11 is 0. The Labute approximate surface area is 244 Å². The van der Waals surface area contributed by atoms with Crippen LogP contribution in [0.4, 0.5) is 11.4 Å². The van der Waals surface area contributed by atoms with Crippen LogP contribution in [0.25, 0.3) is 0 Å². The van der Waals surface area contributed by atoms with Crippen LogP contribution in [0.5, 0.6) is 0 Å². The Morgan fingerprint density at radius 2 is 1.39 bits per heavy atom. The molecule has 2 saturated heterocycles. The normalized spacial score (nSPS) is 18.8. The fourth-order valence-electron chi connectivity index (χ4n) is 6.18. The van der Waals surface area contributed by atoms with Crippen molar-refractivity contribution < 1.29 is 14.4 Å². The average Bonchev–Trinajstić information content (AvgIpc) is 3.42. The van der Waals surface area contributed by atoms with Gasteiger partial charge < -0.3 is 25.3 Å². The lowest BCUT2D eigenvalue weighted by molar-refractivity contribution is -0.119. The summed E-state index contributed by atoms with van der Waals surface area (Å²) in [7, 11) is 0. The Morgan fingerprint density at radius 1 is 0.756 bits per heavy atom. The van der Waals surface area contributed by atoms with E-state index >= 15 is 0 Å². The van der Waals surface area contributed by atoms with Crippen LogP contribution in [0.15, 0.2) is 42.5 Å². The lowest BCUT2D eigenvalue weighted by Crippen LogP contribution is -2.46. The van der Waals surface area contributed by atoms with Crippen LogP contribution in [-0.4, -0.2) is 79.9 Å². The number of amides is 3. The van der Waals surface area contributed by atoms with Crippen LogP contribution in [0.3, 0.4) is 0 Å². The highest BCUT2D eigenvalue weighted by Crippen LogP contribution is 2.32. The van der Waals surface area contributed by atoms with Gasteiger partial charge in [0, 0.05) is 69.4 Å². The molecule has 3 aliphatic rings. The molecule has 2 aromatic carbocycles. The van der Waals surface area contributed by atoms with E-state index in [9.17, 15) is 14.4 Å². The molecule has 0 spiro atoms. The van der Waals surface area contributed by atoms with Crippen molar-refractivity contribution >= 4 is 29.1 Å². The highest BCUT2D eigenvalue weighted by Gasteiger charge is 2.27. The van der Waals surface area contributed by atoms with Gasteiger partial charge in [0.15, 0.2) is 0 Å². The molecule has 0 radical (unpaired) electrons. The van der Waals surface area contributed by atoms with Crippen molar-refractivity contribution in [2.75, 3.05) is 62.6 Å². The Balaban J connectivity index is 1.33. The van der Waals surface area contributed by atoms with E-state index in [0.717, 1.165) is 57.4 Å². The summed E-state index contributed by atoms with van der Waals surface area (Å²) < 4.78 is 0. The highest BCUT2D eigenvalue weighted by atomic mass is 16.2. The van der Waals surface area contributed by atoms with Gasteiger partial charge >= 0.3 is 0 Å². The lowest BCUT2D eigenvalue weighted by atomic mass is 9.86. The van der Waals surface area contributed by atoms with Crippen molar-refractivity contribution in [3.8, 4) is 0 Å². The van der Waals surface area contributed by atoms with Crippen LogP contribution in [0.1, 0.15) is 79.2 Å². The third-order valence-corrected chi connectivity index (χ3v) is 8.75. The molecule has 0 atom stereocenters. The second-order valence-corrected chi connectivity index (χ2v) is 12.7. The molecule has 8 nitrogen and oxygen atoms in total. The molecule has 220 valence electrons. The molecule has 41 heavy (non-hydrogen) atoms. The monoisotopic (exact) mass is 559 g/mol. The van der Waals surface area contributed by atoms with Crippen LogP contribution in [0.2, 0.25) is 0 Å². The molecule has 3 amide bonds. The maximum Gasteiger partial charge on any atom is 0.254 e. The molecule has 1 saturated carbocycles.